The molecule has 15 heavy (non-hydrogen) atoms. The van der Waals surface area contributed by atoms with Crippen LogP contribution in [0.3, 0.4) is 0 Å². The van der Waals surface area contributed by atoms with Crippen molar-refractivity contribution in [2.75, 3.05) is 18.0 Å². The molecule has 3 heteroatoms. The van der Waals surface area contributed by atoms with Gasteiger partial charge in [0.25, 0.3) is 0 Å². The molecule has 0 unspecified atom stereocenters. The predicted octanol–water partition coefficient (Wildman–Crippen LogP) is 2.00. The van der Waals surface area contributed by atoms with Crippen molar-refractivity contribution in [1.82, 2.24) is 4.98 Å². The zero-order valence-electron chi connectivity index (χ0n) is 9.60. The predicted molar refractivity (Wildman–Crippen MR) is 61.2 cm³/mol. The van der Waals surface area contributed by atoms with Crippen LogP contribution in [0.1, 0.15) is 19.4 Å². The van der Waals surface area contributed by atoms with Gasteiger partial charge >= 0.3 is 0 Å². The van der Waals surface area contributed by atoms with Gasteiger partial charge in [-0.25, -0.2) is 4.98 Å². The lowest BCUT2D eigenvalue weighted by atomic mass is 10.1. The molecule has 1 aromatic rings. The third-order valence-electron chi connectivity index (χ3n) is 2.53. The van der Waals surface area contributed by atoms with Crippen LogP contribution in [-0.2, 0) is 4.74 Å². The van der Waals surface area contributed by atoms with Gasteiger partial charge < -0.3 is 9.64 Å². The highest BCUT2D eigenvalue weighted by Gasteiger charge is 2.28. The summed E-state index contributed by atoms with van der Waals surface area (Å²) in [6, 6.07) is 4.17. The summed E-state index contributed by atoms with van der Waals surface area (Å²) in [5, 5.41) is 0. The Morgan fingerprint density at radius 1 is 1.40 bits per heavy atom. The Balaban J connectivity index is 1.86. The molecule has 0 bridgehead atoms. The van der Waals surface area contributed by atoms with E-state index in [1.54, 1.807) is 0 Å². The zero-order valence-corrected chi connectivity index (χ0v) is 9.60. The topological polar surface area (TPSA) is 25.4 Å². The summed E-state index contributed by atoms with van der Waals surface area (Å²) < 4.78 is 5.69. The Morgan fingerprint density at radius 3 is 2.67 bits per heavy atom. The SMILES string of the molecule is Cc1ccc(N2CC(OC(C)C)C2)nc1. The molecular weight excluding hydrogens is 188 g/mol. The molecule has 0 radical (unpaired) electrons. The van der Waals surface area contributed by atoms with E-state index in [9.17, 15) is 0 Å². The summed E-state index contributed by atoms with van der Waals surface area (Å²) in [6.45, 7) is 8.14. The first-order valence-corrected chi connectivity index (χ1v) is 5.48. The number of hydrogen-bond acceptors (Lipinski definition) is 3. The van der Waals surface area contributed by atoms with Crippen molar-refractivity contribution >= 4 is 5.82 Å². The van der Waals surface area contributed by atoms with Crippen LogP contribution >= 0.6 is 0 Å². The van der Waals surface area contributed by atoms with Crippen LogP contribution in [0.15, 0.2) is 18.3 Å². The quantitative estimate of drug-likeness (QED) is 0.756. The lowest BCUT2D eigenvalue weighted by molar-refractivity contribution is -0.00745. The van der Waals surface area contributed by atoms with Crippen LogP contribution in [0.2, 0.25) is 0 Å². The maximum atomic E-state index is 5.69. The second-order valence-corrected chi connectivity index (χ2v) is 4.41. The van der Waals surface area contributed by atoms with Crippen LogP contribution in [0.25, 0.3) is 0 Å². The highest BCUT2D eigenvalue weighted by Crippen LogP contribution is 2.20. The molecular formula is C12H18N2O. The molecule has 0 amide bonds. The van der Waals surface area contributed by atoms with E-state index in [1.807, 2.05) is 6.20 Å². The van der Waals surface area contributed by atoms with Gasteiger partial charge in [-0.05, 0) is 32.4 Å². The van der Waals surface area contributed by atoms with Crippen molar-refractivity contribution in [3.8, 4) is 0 Å². The third kappa shape index (κ3) is 2.48. The summed E-state index contributed by atoms with van der Waals surface area (Å²) in [7, 11) is 0. The Bertz CT molecular complexity index is 315. The Kier molecular flexibility index (Phi) is 2.91. The van der Waals surface area contributed by atoms with Crippen LogP contribution < -0.4 is 4.90 Å². The molecule has 82 valence electrons. The average molecular weight is 206 g/mol. The second-order valence-electron chi connectivity index (χ2n) is 4.41. The first-order valence-electron chi connectivity index (χ1n) is 5.48. The molecule has 0 aliphatic carbocycles. The fourth-order valence-electron chi connectivity index (χ4n) is 1.74. The second kappa shape index (κ2) is 4.19. The summed E-state index contributed by atoms with van der Waals surface area (Å²) >= 11 is 0. The van der Waals surface area contributed by atoms with Gasteiger partial charge in [-0.3, -0.25) is 0 Å². The van der Waals surface area contributed by atoms with Gasteiger partial charge in [0.15, 0.2) is 0 Å². The highest BCUT2D eigenvalue weighted by molar-refractivity contribution is 5.42. The molecule has 1 saturated heterocycles. The third-order valence-corrected chi connectivity index (χ3v) is 2.53. The van der Waals surface area contributed by atoms with Gasteiger partial charge in [0, 0.05) is 19.3 Å². The Labute approximate surface area is 91.1 Å². The van der Waals surface area contributed by atoms with Crippen LogP contribution in [0.4, 0.5) is 5.82 Å². The number of hydrogen-bond donors (Lipinski definition) is 0. The number of ether oxygens (including phenoxy) is 1. The Hall–Kier alpha value is -1.09. The van der Waals surface area contributed by atoms with E-state index in [4.69, 9.17) is 4.74 Å². The van der Waals surface area contributed by atoms with Gasteiger partial charge in [-0.15, -0.1) is 0 Å². The molecule has 1 fully saturated rings. The summed E-state index contributed by atoms with van der Waals surface area (Å²) in [4.78, 5) is 6.63. The molecule has 0 aromatic carbocycles. The highest BCUT2D eigenvalue weighted by atomic mass is 16.5. The van der Waals surface area contributed by atoms with E-state index in [-0.39, 0.29) is 0 Å². The van der Waals surface area contributed by atoms with E-state index in [0.29, 0.717) is 12.2 Å². The molecule has 2 heterocycles. The minimum absolute atomic E-state index is 0.322. The summed E-state index contributed by atoms with van der Waals surface area (Å²) in [6.07, 6.45) is 2.61. The number of aromatic nitrogens is 1. The van der Waals surface area contributed by atoms with Gasteiger partial charge in [0.1, 0.15) is 5.82 Å². The lowest BCUT2D eigenvalue weighted by Gasteiger charge is -2.40. The number of pyridine rings is 1. The number of aryl methyl sites for hydroxylation is 1. The van der Waals surface area contributed by atoms with Gasteiger partial charge in [-0.2, -0.15) is 0 Å². The molecule has 1 aromatic heterocycles. The van der Waals surface area contributed by atoms with Gasteiger partial charge in [0.2, 0.25) is 0 Å². The molecule has 0 atom stereocenters. The molecule has 0 N–H and O–H groups in total. The molecule has 1 aliphatic heterocycles. The van der Waals surface area contributed by atoms with Gasteiger partial charge in [-0.1, -0.05) is 6.07 Å². The molecule has 3 nitrogen and oxygen atoms in total. The maximum absolute atomic E-state index is 5.69. The maximum Gasteiger partial charge on any atom is 0.128 e. The first-order chi connectivity index (χ1) is 7.15. The number of rotatable bonds is 3. The van der Waals surface area contributed by atoms with Crippen molar-refractivity contribution in [2.45, 2.75) is 33.0 Å². The summed E-state index contributed by atoms with van der Waals surface area (Å²) in [5.74, 6) is 1.06. The van der Waals surface area contributed by atoms with Crippen molar-refractivity contribution in [1.29, 1.82) is 0 Å². The zero-order chi connectivity index (χ0) is 10.8. The largest absolute Gasteiger partial charge is 0.372 e. The van der Waals surface area contributed by atoms with Gasteiger partial charge in [0.05, 0.1) is 12.2 Å². The van der Waals surface area contributed by atoms with E-state index in [2.05, 4.69) is 42.8 Å². The molecule has 0 spiro atoms. The molecule has 0 saturated carbocycles. The van der Waals surface area contributed by atoms with Crippen molar-refractivity contribution in [3.05, 3.63) is 23.9 Å². The van der Waals surface area contributed by atoms with Crippen LogP contribution in [-0.4, -0.2) is 30.3 Å². The van der Waals surface area contributed by atoms with Crippen LogP contribution in [0, 0.1) is 6.92 Å². The minimum atomic E-state index is 0.322. The normalized spacial score (nSPS) is 16.9. The minimum Gasteiger partial charge on any atom is -0.372 e. The fourth-order valence-corrected chi connectivity index (χ4v) is 1.74. The summed E-state index contributed by atoms with van der Waals surface area (Å²) in [5.41, 5.74) is 1.20. The van der Waals surface area contributed by atoms with Crippen molar-refractivity contribution in [3.63, 3.8) is 0 Å². The van der Waals surface area contributed by atoms with E-state index in [0.717, 1.165) is 18.9 Å². The molecule has 2 rings (SSSR count). The standard InChI is InChI=1S/C12H18N2O/c1-9(2)15-11-7-14(8-11)12-5-4-10(3)6-13-12/h4-6,9,11H,7-8H2,1-3H3. The molecule has 1 aliphatic rings. The Morgan fingerprint density at radius 2 is 2.13 bits per heavy atom. The monoisotopic (exact) mass is 206 g/mol. The van der Waals surface area contributed by atoms with Crippen molar-refractivity contribution in [2.24, 2.45) is 0 Å². The number of nitrogens with zero attached hydrogens (tertiary/aromatic N) is 2. The van der Waals surface area contributed by atoms with Crippen molar-refractivity contribution < 1.29 is 4.74 Å². The lowest BCUT2D eigenvalue weighted by Crippen LogP contribution is -2.53. The van der Waals surface area contributed by atoms with E-state index in [1.165, 1.54) is 5.56 Å². The average Bonchev–Trinajstić information content (AvgIpc) is 2.12. The smallest absolute Gasteiger partial charge is 0.128 e. The van der Waals surface area contributed by atoms with E-state index < -0.39 is 0 Å². The number of anilines is 1. The van der Waals surface area contributed by atoms with E-state index >= 15 is 0 Å². The van der Waals surface area contributed by atoms with Crippen LogP contribution in [0.5, 0.6) is 0 Å². The first kappa shape index (κ1) is 10.4. The fraction of sp³-hybridized carbons (Fsp3) is 0.583.